The molecule has 1 aromatic rings. The molecular formula is C19H25F3N2O4. The molecule has 1 saturated heterocycles. The number of aliphatic hydroxyl groups is 1. The number of carbonyl (C=O) groups excluding carboxylic acids is 1. The van der Waals surface area contributed by atoms with Crippen LogP contribution in [0.3, 0.4) is 0 Å². The second-order valence-corrected chi connectivity index (χ2v) is 7.80. The van der Waals surface area contributed by atoms with Crippen LogP contribution in [0.15, 0.2) is 18.3 Å². The summed E-state index contributed by atoms with van der Waals surface area (Å²) in [5.74, 6) is -0.164. The number of rotatable bonds is 5. The van der Waals surface area contributed by atoms with Gasteiger partial charge < -0.3 is 19.5 Å². The minimum atomic E-state index is -4.47. The molecule has 156 valence electrons. The molecule has 0 unspecified atom stereocenters. The molecule has 1 spiro atoms. The summed E-state index contributed by atoms with van der Waals surface area (Å²) in [6, 6.07) is 2.89. The quantitative estimate of drug-likeness (QED) is 0.820. The van der Waals surface area contributed by atoms with Crippen LogP contribution in [0.2, 0.25) is 0 Å². The number of ether oxygens (including phenoxy) is 2. The van der Waals surface area contributed by atoms with Gasteiger partial charge in [-0.05, 0) is 45.1 Å². The topological polar surface area (TPSA) is 71.9 Å². The summed E-state index contributed by atoms with van der Waals surface area (Å²) in [5, 5.41) is 10.5. The highest BCUT2D eigenvalue weighted by atomic mass is 19.4. The Bertz CT molecular complexity index is 700. The highest BCUT2D eigenvalue weighted by molar-refractivity contribution is 5.99. The van der Waals surface area contributed by atoms with Crippen molar-refractivity contribution < 1.29 is 32.5 Å². The largest absolute Gasteiger partial charge is 0.465 e. The molecule has 0 radical (unpaired) electrons. The molecule has 2 heterocycles. The summed E-state index contributed by atoms with van der Waals surface area (Å²) in [7, 11) is 1.54. The molecule has 1 N–H and O–H groups in total. The molecule has 2 aliphatic rings. The van der Waals surface area contributed by atoms with Crippen molar-refractivity contribution in [3.8, 4) is 5.88 Å². The van der Waals surface area contributed by atoms with Crippen LogP contribution in [0.5, 0.6) is 5.88 Å². The molecule has 2 fully saturated rings. The molecule has 6 nitrogen and oxygen atoms in total. The second-order valence-electron chi connectivity index (χ2n) is 7.80. The van der Waals surface area contributed by atoms with E-state index in [1.165, 1.54) is 12.3 Å². The maximum absolute atomic E-state index is 13.1. The molecule has 1 amide bonds. The molecule has 1 aromatic heterocycles. The third kappa shape index (κ3) is 4.10. The van der Waals surface area contributed by atoms with E-state index in [1.807, 2.05) is 0 Å². The van der Waals surface area contributed by atoms with E-state index in [9.17, 15) is 23.1 Å². The number of methoxy groups -OCH3 is 1. The SMILES string of the molecule is COCC1(O)CCC2(CCN(c3ccc(O[C@H](C)C(F)(F)F)nc3)C2=O)CC1. The monoisotopic (exact) mass is 402 g/mol. The second kappa shape index (κ2) is 7.51. The van der Waals surface area contributed by atoms with Gasteiger partial charge in [-0.2, -0.15) is 13.2 Å². The van der Waals surface area contributed by atoms with Crippen LogP contribution >= 0.6 is 0 Å². The van der Waals surface area contributed by atoms with Gasteiger partial charge in [-0.1, -0.05) is 0 Å². The molecule has 1 aliphatic heterocycles. The lowest BCUT2D eigenvalue weighted by molar-refractivity contribution is -0.189. The van der Waals surface area contributed by atoms with Crippen molar-refractivity contribution in [3.05, 3.63) is 18.3 Å². The van der Waals surface area contributed by atoms with Crippen molar-refractivity contribution in [2.75, 3.05) is 25.2 Å². The Balaban J connectivity index is 1.65. The van der Waals surface area contributed by atoms with Gasteiger partial charge >= 0.3 is 6.18 Å². The molecule has 0 aromatic carbocycles. The van der Waals surface area contributed by atoms with Crippen molar-refractivity contribution in [1.29, 1.82) is 0 Å². The van der Waals surface area contributed by atoms with E-state index >= 15 is 0 Å². The van der Waals surface area contributed by atoms with Crippen LogP contribution in [0.1, 0.15) is 39.0 Å². The molecule has 1 aliphatic carbocycles. The van der Waals surface area contributed by atoms with Gasteiger partial charge in [0.05, 0.1) is 29.5 Å². The number of aromatic nitrogens is 1. The van der Waals surface area contributed by atoms with Gasteiger partial charge in [-0.25, -0.2) is 4.98 Å². The number of pyridine rings is 1. The van der Waals surface area contributed by atoms with Gasteiger partial charge in [0.2, 0.25) is 11.8 Å². The highest BCUT2D eigenvalue weighted by Gasteiger charge is 2.51. The van der Waals surface area contributed by atoms with Gasteiger partial charge in [-0.15, -0.1) is 0 Å². The lowest BCUT2D eigenvalue weighted by Crippen LogP contribution is -2.45. The molecule has 3 rings (SSSR count). The van der Waals surface area contributed by atoms with Crippen molar-refractivity contribution >= 4 is 11.6 Å². The fourth-order valence-corrected chi connectivity index (χ4v) is 3.99. The lowest BCUT2D eigenvalue weighted by Gasteiger charge is -2.40. The van der Waals surface area contributed by atoms with Crippen LogP contribution in [0.4, 0.5) is 18.9 Å². The van der Waals surface area contributed by atoms with E-state index in [0.29, 0.717) is 44.3 Å². The van der Waals surface area contributed by atoms with Gasteiger partial charge in [0, 0.05) is 19.7 Å². The van der Waals surface area contributed by atoms with Crippen molar-refractivity contribution in [1.82, 2.24) is 4.98 Å². The zero-order valence-corrected chi connectivity index (χ0v) is 16.0. The number of anilines is 1. The Kier molecular flexibility index (Phi) is 5.60. The van der Waals surface area contributed by atoms with E-state index in [4.69, 9.17) is 9.47 Å². The van der Waals surface area contributed by atoms with Crippen LogP contribution in [0.25, 0.3) is 0 Å². The van der Waals surface area contributed by atoms with Crippen molar-refractivity contribution in [2.24, 2.45) is 5.41 Å². The predicted octanol–water partition coefficient (Wildman–Crippen LogP) is 3.09. The Morgan fingerprint density at radius 3 is 2.46 bits per heavy atom. The lowest BCUT2D eigenvalue weighted by atomic mass is 9.68. The normalized spacial score (nSPS) is 29.4. The number of hydrogen-bond acceptors (Lipinski definition) is 5. The van der Waals surface area contributed by atoms with Gasteiger partial charge in [-0.3, -0.25) is 4.79 Å². The third-order valence-electron chi connectivity index (χ3n) is 5.85. The zero-order valence-electron chi connectivity index (χ0n) is 16.0. The van der Waals surface area contributed by atoms with Gasteiger partial charge in [0.25, 0.3) is 0 Å². The van der Waals surface area contributed by atoms with E-state index < -0.39 is 23.3 Å². The minimum absolute atomic E-state index is 0.0221. The van der Waals surface area contributed by atoms with E-state index in [-0.39, 0.29) is 18.4 Å². The maximum Gasteiger partial charge on any atom is 0.425 e. The van der Waals surface area contributed by atoms with Crippen molar-refractivity contribution in [3.63, 3.8) is 0 Å². The molecule has 1 atom stereocenters. The Hall–Kier alpha value is -1.87. The zero-order chi connectivity index (χ0) is 20.6. The first kappa shape index (κ1) is 20.9. The van der Waals surface area contributed by atoms with E-state index in [0.717, 1.165) is 6.92 Å². The third-order valence-corrected chi connectivity index (χ3v) is 5.85. The highest BCUT2D eigenvalue weighted by Crippen LogP contribution is 2.48. The summed E-state index contributed by atoms with van der Waals surface area (Å²) in [4.78, 5) is 18.6. The van der Waals surface area contributed by atoms with E-state index in [2.05, 4.69) is 4.98 Å². The first-order chi connectivity index (χ1) is 13.1. The Labute approximate surface area is 161 Å². The standard InChI is InChI=1S/C19H25F3N2O4/c1-13(19(20,21)22)28-15-4-3-14(11-23-15)24-10-9-17(16(24)25)5-7-18(26,8-6-17)12-27-2/h3-4,11,13,26H,5-10,12H2,1-2H3/t13-,17?,18?/m1/s1. The molecule has 1 saturated carbocycles. The van der Waals surface area contributed by atoms with Gasteiger partial charge in [0.1, 0.15) is 0 Å². The smallest absolute Gasteiger partial charge is 0.425 e. The van der Waals surface area contributed by atoms with E-state index in [1.54, 1.807) is 18.1 Å². The number of halogens is 3. The number of carbonyl (C=O) groups is 1. The fraction of sp³-hybridized carbons (Fsp3) is 0.684. The average Bonchev–Trinajstić information content (AvgIpc) is 2.95. The molecule has 28 heavy (non-hydrogen) atoms. The summed E-state index contributed by atoms with van der Waals surface area (Å²) in [6.07, 6.45) is -2.22. The number of nitrogens with zero attached hydrogens (tertiary/aromatic N) is 2. The Morgan fingerprint density at radius 1 is 1.25 bits per heavy atom. The van der Waals surface area contributed by atoms with Crippen LogP contribution in [-0.2, 0) is 9.53 Å². The van der Waals surface area contributed by atoms with Crippen LogP contribution in [-0.4, -0.2) is 54.1 Å². The number of amides is 1. The van der Waals surface area contributed by atoms with Crippen LogP contribution in [0, 0.1) is 5.41 Å². The van der Waals surface area contributed by atoms with Crippen LogP contribution < -0.4 is 9.64 Å². The Morgan fingerprint density at radius 2 is 1.93 bits per heavy atom. The minimum Gasteiger partial charge on any atom is -0.465 e. The predicted molar refractivity (Wildman–Crippen MR) is 95.1 cm³/mol. The summed E-state index contributed by atoms with van der Waals surface area (Å²) in [6.45, 7) is 1.68. The maximum atomic E-state index is 13.1. The first-order valence-corrected chi connectivity index (χ1v) is 9.31. The summed E-state index contributed by atoms with van der Waals surface area (Å²) in [5.41, 5.74) is -0.852. The average molecular weight is 402 g/mol. The van der Waals surface area contributed by atoms with Crippen molar-refractivity contribution in [2.45, 2.75) is 56.9 Å². The summed E-state index contributed by atoms with van der Waals surface area (Å²) < 4.78 is 47.6. The molecule has 0 bridgehead atoms. The molecular weight excluding hydrogens is 377 g/mol. The van der Waals surface area contributed by atoms with Gasteiger partial charge in [0.15, 0.2) is 6.10 Å². The molecule has 9 heteroatoms. The summed E-state index contributed by atoms with van der Waals surface area (Å²) >= 11 is 0. The first-order valence-electron chi connectivity index (χ1n) is 9.31. The number of alkyl halides is 3. The number of hydrogen-bond donors (Lipinski definition) is 1. The fourth-order valence-electron chi connectivity index (χ4n) is 3.99.